The molecule has 2 N–H and O–H groups in total. The highest BCUT2D eigenvalue weighted by molar-refractivity contribution is 14.0. The highest BCUT2D eigenvalue weighted by atomic mass is 127. The molecule has 1 aromatic rings. The minimum absolute atomic E-state index is 0. The Morgan fingerprint density at radius 2 is 1.90 bits per heavy atom. The zero-order valence-corrected chi connectivity index (χ0v) is 21.9. The molecular formula is C22H42IN7O. The standard InChI is InChI=1S/C22H41N7O.HI/c1-18(2)16-19(28-12-14-30-15-13-28)17-25-22(23-3)24-10-7-9-21-27-26-20-8-5-4-6-11-29(20)21;/h18-19H,4-17H2,1-3H3,(H2,23,24,25);1H. The minimum Gasteiger partial charge on any atom is -0.379 e. The molecule has 1 aromatic heterocycles. The number of morpholine rings is 1. The number of aryl methyl sites for hydroxylation is 2. The number of fused-ring (bicyclic) bond motifs is 1. The van der Waals surface area contributed by atoms with Gasteiger partial charge in [0.05, 0.1) is 13.2 Å². The summed E-state index contributed by atoms with van der Waals surface area (Å²) in [5.74, 6) is 3.87. The van der Waals surface area contributed by atoms with Crippen LogP contribution in [0.5, 0.6) is 0 Å². The zero-order valence-electron chi connectivity index (χ0n) is 19.6. The van der Waals surface area contributed by atoms with Gasteiger partial charge in [-0.15, -0.1) is 34.2 Å². The predicted octanol–water partition coefficient (Wildman–Crippen LogP) is 2.47. The lowest BCUT2D eigenvalue weighted by Crippen LogP contribution is -2.51. The second-order valence-corrected chi connectivity index (χ2v) is 8.91. The summed E-state index contributed by atoms with van der Waals surface area (Å²) in [6.45, 7) is 11.2. The van der Waals surface area contributed by atoms with Crippen LogP contribution in [0.4, 0.5) is 0 Å². The molecule has 0 amide bonds. The number of aromatic nitrogens is 3. The van der Waals surface area contributed by atoms with Crippen LogP contribution < -0.4 is 10.6 Å². The number of rotatable bonds is 9. The van der Waals surface area contributed by atoms with Crippen LogP contribution >= 0.6 is 24.0 Å². The molecule has 178 valence electrons. The van der Waals surface area contributed by atoms with Crippen LogP contribution in [-0.4, -0.2) is 78.1 Å². The maximum atomic E-state index is 5.53. The third-order valence-electron chi connectivity index (χ3n) is 6.09. The van der Waals surface area contributed by atoms with Gasteiger partial charge in [-0.3, -0.25) is 9.89 Å². The zero-order chi connectivity index (χ0) is 21.2. The van der Waals surface area contributed by atoms with Crippen molar-refractivity contribution in [2.24, 2.45) is 10.9 Å². The molecule has 1 unspecified atom stereocenters. The molecule has 8 nitrogen and oxygen atoms in total. The maximum absolute atomic E-state index is 5.53. The van der Waals surface area contributed by atoms with Gasteiger partial charge in [-0.25, -0.2) is 0 Å². The first-order valence-electron chi connectivity index (χ1n) is 11.8. The fraction of sp³-hybridized carbons (Fsp3) is 0.864. The first-order valence-corrected chi connectivity index (χ1v) is 11.8. The summed E-state index contributed by atoms with van der Waals surface area (Å²) in [6, 6.07) is 0.513. The third kappa shape index (κ3) is 8.49. The molecule has 0 radical (unpaired) electrons. The monoisotopic (exact) mass is 547 g/mol. The van der Waals surface area contributed by atoms with E-state index >= 15 is 0 Å². The quantitative estimate of drug-likeness (QED) is 0.214. The fourth-order valence-corrected chi connectivity index (χ4v) is 4.47. The van der Waals surface area contributed by atoms with Crippen LogP contribution in [0.2, 0.25) is 0 Å². The van der Waals surface area contributed by atoms with Crippen molar-refractivity contribution < 1.29 is 4.74 Å². The second-order valence-electron chi connectivity index (χ2n) is 8.91. The van der Waals surface area contributed by atoms with Gasteiger partial charge in [0.2, 0.25) is 0 Å². The number of nitrogens with zero attached hydrogens (tertiary/aromatic N) is 5. The third-order valence-corrected chi connectivity index (χ3v) is 6.09. The molecule has 1 fully saturated rings. The van der Waals surface area contributed by atoms with Gasteiger partial charge in [0.15, 0.2) is 5.96 Å². The van der Waals surface area contributed by atoms with E-state index in [9.17, 15) is 0 Å². The van der Waals surface area contributed by atoms with Crippen LogP contribution in [0.25, 0.3) is 0 Å². The largest absolute Gasteiger partial charge is 0.379 e. The minimum atomic E-state index is 0. The van der Waals surface area contributed by atoms with Crippen molar-refractivity contribution in [1.82, 2.24) is 30.3 Å². The van der Waals surface area contributed by atoms with Gasteiger partial charge in [-0.05, 0) is 31.6 Å². The van der Waals surface area contributed by atoms with Gasteiger partial charge in [0.25, 0.3) is 0 Å². The molecule has 0 saturated carbocycles. The Hall–Kier alpha value is -0.940. The molecule has 1 saturated heterocycles. The molecule has 3 heterocycles. The highest BCUT2D eigenvalue weighted by Gasteiger charge is 2.22. The Labute approximate surface area is 205 Å². The Kier molecular flexibility index (Phi) is 12.1. The number of aliphatic imine (C=N–C) groups is 1. The molecule has 2 aliphatic rings. The van der Waals surface area contributed by atoms with E-state index in [0.29, 0.717) is 12.0 Å². The molecule has 3 rings (SSSR count). The summed E-state index contributed by atoms with van der Waals surface area (Å²) >= 11 is 0. The van der Waals surface area contributed by atoms with Gasteiger partial charge >= 0.3 is 0 Å². The molecule has 2 aliphatic heterocycles. The summed E-state index contributed by atoms with van der Waals surface area (Å²) in [7, 11) is 1.85. The van der Waals surface area contributed by atoms with Gasteiger partial charge < -0.3 is 19.9 Å². The van der Waals surface area contributed by atoms with E-state index < -0.39 is 0 Å². The van der Waals surface area contributed by atoms with Crippen molar-refractivity contribution in [1.29, 1.82) is 0 Å². The number of ether oxygens (including phenoxy) is 1. The predicted molar refractivity (Wildman–Crippen MR) is 136 cm³/mol. The fourth-order valence-electron chi connectivity index (χ4n) is 4.47. The van der Waals surface area contributed by atoms with Crippen molar-refractivity contribution in [2.45, 2.75) is 71.4 Å². The molecule has 0 spiro atoms. The van der Waals surface area contributed by atoms with Gasteiger partial charge in [-0.1, -0.05) is 20.3 Å². The molecule has 0 aliphatic carbocycles. The van der Waals surface area contributed by atoms with Gasteiger partial charge in [0.1, 0.15) is 11.6 Å². The SMILES string of the molecule is CN=C(NCCCc1nnc2n1CCCCC2)NCC(CC(C)C)N1CCOCC1.I. The smallest absolute Gasteiger partial charge is 0.191 e. The lowest BCUT2D eigenvalue weighted by atomic mass is 10.0. The number of halogens is 1. The van der Waals surface area contributed by atoms with Crippen LogP contribution in [-0.2, 0) is 24.1 Å². The van der Waals surface area contributed by atoms with E-state index in [2.05, 4.69) is 49.1 Å². The maximum Gasteiger partial charge on any atom is 0.191 e. The van der Waals surface area contributed by atoms with E-state index in [1.165, 1.54) is 31.5 Å². The first kappa shape index (κ1) is 26.3. The van der Waals surface area contributed by atoms with Crippen LogP contribution in [0.3, 0.4) is 0 Å². The first-order chi connectivity index (χ1) is 14.7. The summed E-state index contributed by atoms with van der Waals surface area (Å²) in [6.07, 6.45) is 8.02. The topological polar surface area (TPSA) is 79.6 Å². The summed E-state index contributed by atoms with van der Waals surface area (Å²) in [4.78, 5) is 6.98. The van der Waals surface area contributed by atoms with E-state index in [1.807, 2.05) is 7.05 Å². The molecule has 31 heavy (non-hydrogen) atoms. The molecule has 1 atom stereocenters. The van der Waals surface area contributed by atoms with Crippen molar-refractivity contribution in [2.75, 3.05) is 46.4 Å². The van der Waals surface area contributed by atoms with Crippen molar-refractivity contribution in [3.8, 4) is 0 Å². The molecule has 0 bridgehead atoms. The van der Waals surface area contributed by atoms with Crippen molar-refractivity contribution in [3.05, 3.63) is 11.6 Å². The van der Waals surface area contributed by atoms with Gasteiger partial charge in [-0.2, -0.15) is 0 Å². The number of guanidine groups is 1. The van der Waals surface area contributed by atoms with E-state index in [-0.39, 0.29) is 24.0 Å². The molecular weight excluding hydrogens is 505 g/mol. The lowest BCUT2D eigenvalue weighted by molar-refractivity contribution is 0.0132. The Morgan fingerprint density at radius 1 is 1.10 bits per heavy atom. The van der Waals surface area contributed by atoms with E-state index in [4.69, 9.17) is 4.74 Å². The van der Waals surface area contributed by atoms with Crippen LogP contribution in [0.15, 0.2) is 4.99 Å². The van der Waals surface area contributed by atoms with Crippen LogP contribution in [0, 0.1) is 5.92 Å². The summed E-state index contributed by atoms with van der Waals surface area (Å²) in [5, 5.41) is 15.9. The molecule has 0 aromatic carbocycles. The second kappa shape index (κ2) is 14.3. The van der Waals surface area contributed by atoms with Gasteiger partial charge in [0, 0.05) is 58.7 Å². The summed E-state index contributed by atoms with van der Waals surface area (Å²) < 4.78 is 7.88. The van der Waals surface area contributed by atoms with Crippen molar-refractivity contribution in [3.63, 3.8) is 0 Å². The van der Waals surface area contributed by atoms with E-state index in [1.54, 1.807) is 0 Å². The highest BCUT2D eigenvalue weighted by Crippen LogP contribution is 2.15. The van der Waals surface area contributed by atoms with E-state index in [0.717, 1.165) is 77.0 Å². The molecule has 9 heteroatoms. The Morgan fingerprint density at radius 3 is 2.65 bits per heavy atom. The number of nitrogens with one attached hydrogen (secondary N) is 2. The lowest BCUT2D eigenvalue weighted by Gasteiger charge is -2.35. The Bertz CT molecular complexity index is 658. The van der Waals surface area contributed by atoms with Crippen molar-refractivity contribution >= 4 is 29.9 Å². The number of hydrogen-bond donors (Lipinski definition) is 2. The average Bonchev–Trinajstić information content (AvgIpc) is 2.98. The van der Waals surface area contributed by atoms with Crippen LogP contribution in [0.1, 0.15) is 57.6 Å². The normalized spacial score (nSPS) is 18.8. The Balaban J connectivity index is 0.00000341. The summed E-state index contributed by atoms with van der Waals surface area (Å²) in [5.41, 5.74) is 0. The average molecular weight is 548 g/mol. The number of hydrogen-bond acceptors (Lipinski definition) is 5.